The second-order valence-electron chi connectivity index (χ2n) is 2.73. The highest BCUT2D eigenvalue weighted by atomic mass is 16.3. The summed E-state index contributed by atoms with van der Waals surface area (Å²) in [7, 11) is 0. The van der Waals surface area contributed by atoms with Gasteiger partial charge < -0.3 is 10.4 Å². The van der Waals surface area contributed by atoms with Crippen molar-refractivity contribution in [2.45, 2.75) is 25.9 Å². The molecular weight excluding hydrogens is 114 g/mol. The minimum Gasteiger partial charge on any atom is -0.393 e. The molecule has 2 N–H and O–H groups in total. The SMILES string of the molecule is CCC(O)[C@H]1CCNC1. The maximum atomic E-state index is 9.32. The van der Waals surface area contributed by atoms with Gasteiger partial charge in [-0.3, -0.25) is 0 Å². The highest BCUT2D eigenvalue weighted by Gasteiger charge is 2.20. The predicted octanol–water partition coefficient (Wildman–Crippen LogP) is 0.367. The van der Waals surface area contributed by atoms with Crippen LogP contribution in [0.2, 0.25) is 0 Å². The molecule has 0 aliphatic carbocycles. The van der Waals surface area contributed by atoms with E-state index in [2.05, 4.69) is 5.32 Å². The van der Waals surface area contributed by atoms with Gasteiger partial charge >= 0.3 is 0 Å². The van der Waals surface area contributed by atoms with Crippen molar-refractivity contribution < 1.29 is 5.11 Å². The maximum Gasteiger partial charge on any atom is 0.0578 e. The zero-order valence-corrected chi connectivity index (χ0v) is 5.93. The van der Waals surface area contributed by atoms with Gasteiger partial charge in [-0.25, -0.2) is 0 Å². The van der Waals surface area contributed by atoms with Gasteiger partial charge in [0.2, 0.25) is 0 Å². The first-order valence-corrected chi connectivity index (χ1v) is 3.73. The highest BCUT2D eigenvalue weighted by molar-refractivity contribution is 4.76. The van der Waals surface area contributed by atoms with Gasteiger partial charge in [0.25, 0.3) is 0 Å². The molecule has 1 fully saturated rings. The number of aliphatic hydroxyl groups is 1. The van der Waals surface area contributed by atoms with Crippen molar-refractivity contribution in [2.75, 3.05) is 13.1 Å². The number of hydrogen-bond donors (Lipinski definition) is 2. The van der Waals surface area contributed by atoms with E-state index in [0.717, 1.165) is 25.9 Å². The van der Waals surface area contributed by atoms with Crippen LogP contribution in [0.3, 0.4) is 0 Å². The Morgan fingerprint density at radius 1 is 1.78 bits per heavy atom. The molecule has 2 atom stereocenters. The Labute approximate surface area is 56.3 Å². The molecule has 1 saturated heterocycles. The third-order valence-electron chi connectivity index (χ3n) is 2.06. The number of rotatable bonds is 2. The lowest BCUT2D eigenvalue weighted by Gasteiger charge is -2.13. The molecule has 0 radical (unpaired) electrons. The van der Waals surface area contributed by atoms with Crippen molar-refractivity contribution in [3.63, 3.8) is 0 Å². The molecule has 1 heterocycles. The van der Waals surface area contributed by atoms with Crippen LogP contribution >= 0.6 is 0 Å². The van der Waals surface area contributed by atoms with Gasteiger partial charge in [-0.1, -0.05) is 6.92 Å². The van der Waals surface area contributed by atoms with Gasteiger partial charge in [-0.2, -0.15) is 0 Å². The average Bonchev–Trinajstić information content (AvgIpc) is 2.37. The first-order valence-electron chi connectivity index (χ1n) is 3.73. The number of aliphatic hydroxyl groups excluding tert-OH is 1. The maximum absolute atomic E-state index is 9.32. The van der Waals surface area contributed by atoms with Crippen LogP contribution in [0, 0.1) is 5.92 Å². The Balaban J connectivity index is 2.24. The number of nitrogens with one attached hydrogen (secondary N) is 1. The Morgan fingerprint density at radius 2 is 2.56 bits per heavy atom. The summed E-state index contributed by atoms with van der Waals surface area (Å²) in [5.41, 5.74) is 0. The largest absolute Gasteiger partial charge is 0.393 e. The van der Waals surface area contributed by atoms with E-state index in [0.29, 0.717) is 5.92 Å². The fraction of sp³-hybridized carbons (Fsp3) is 1.00. The summed E-state index contributed by atoms with van der Waals surface area (Å²) in [5, 5.41) is 12.5. The molecule has 1 aliphatic rings. The molecule has 54 valence electrons. The summed E-state index contributed by atoms with van der Waals surface area (Å²) in [6, 6.07) is 0. The lowest BCUT2D eigenvalue weighted by Crippen LogP contribution is -2.21. The molecule has 0 amide bonds. The zero-order chi connectivity index (χ0) is 6.69. The topological polar surface area (TPSA) is 32.3 Å². The second kappa shape index (κ2) is 3.18. The van der Waals surface area contributed by atoms with Gasteiger partial charge in [0, 0.05) is 6.54 Å². The van der Waals surface area contributed by atoms with Crippen molar-refractivity contribution >= 4 is 0 Å². The molecule has 0 aromatic heterocycles. The average molecular weight is 129 g/mol. The van der Waals surface area contributed by atoms with E-state index in [4.69, 9.17) is 0 Å². The highest BCUT2D eigenvalue weighted by Crippen LogP contribution is 2.14. The van der Waals surface area contributed by atoms with E-state index in [1.807, 2.05) is 6.92 Å². The van der Waals surface area contributed by atoms with E-state index in [-0.39, 0.29) is 6.10 Å². The Bertz CT molecular complexity index is 79.0. The van der Waals surface area contributed by atoms with Crippen LogP contribution in [-0.2, 0) is 0 Å². The van der Waals surface area contributed by atoms with E-state index < -0.39 is 0 Å². The lowest BCUT2D eigenvalue weighted by molar-refractivity contribution is 0.113. The van der Waals surface area contributed by atoms with Crippen molar-refractivity contribution in [3.8, 4) is 0 Å². The molecule has 1 rings (SSSR count). The second-order valence-corrected chi connectivity index (χ2v) is 2.73. The van der Waals surface area contributed by atoms with Crippen LogP contribution in [-0.4, -0.2) is 24.3 Å². The third-order valence-corrected chi connectivity index (χ3v) is 2.06. The predicted molar refractivity (Wildman–Crippen MR) is 37.3 cm³/mol. The Morgan fingerprint density at radius 3 is 3.00 bits per heavy atom. The van der Waals surface area contributed by atoms with Crippen LogP contribution in [0.4, 0.5) is 0 Å². The van der Waals surface area contributed by atoms with Crippen molar-refractivity contribution in [2.24, 2.45) is 5.92 Å². The van der Waals surface area contributed by atoms with E-state index in [1.165, 1.54) is 0 Å². The Hall–Kier alpha value is -0.0800. The summed E-state index contributed by atoms with van der Waals surface area (Å²) in [5.74, 6) is 0.523. The quantitative estimate of drug-likeness (QED) is 0.564. The van der Waals surface area contributed by atoms with Crippen molar-refractivity contribution in [1.29, 1.82) is 0 Å². The minimum atomic E-state index is -0.0694. The molecule has 9 heavy (non-hydrogen) atoms. The van der Waals surface area contributed by atoms with Gasteiger partial charge in [-0.05, 0) is 25.3 Å². The van der Waals surface area contributed by atoms with Gasteiger partial charge in [0.05, 0.1) is 6.10 Å². The van der Waals surface area contributed by atoms with Gasteiger partial charge in [-0.15, -0.1) is 0 Å². The molecule has 1 aliphatic heterocycles. The summed E-state index contributed by atoms with van der Waals surface area (Å²) in [4.78, 5) is 0. The monoisotopic (exact) mass is 129 g/mol. The molecule has 0 aromatic rings. The normalized spacial score (nSPS) is 30.7. The van der Waals surface area contributed by atoms with Crippen LogP contribution in [0.1, 0.15) is 19.8 Å². The minimum absolute atomic E-state index is 0.0694. The molecule has 2 heteroatoms. The van der Waals surface area contributed by atoms with Crippen LogP contribution in [0.5, 0.6) is 0 Å². The van der Waals surface area contributed by atoms with Crippen LogP contribution in [0.15, 0.2) is 0 Å². The Kier molecular flexibility index (Phi) is 2.49. The van der Waals surface area contributed by atoms with Gasteiger partial charge in [0.15, 0.2) is 0 Å². The summed E-state index contributed by atoms with van der Waals surface area (Å²) < 4.78 is 0. The van der Waals surface area contributed by atoms with Crippen LogP contribution < -0.4 is 5.32 Å². The number of hydrogen-bond acceptors (Lipinski definition) is 2. The molecule has 0 aromatic carbocycles. The molecule has 1 unspecified atom stereocenters. The van der Waals surface area contributed by atoms with E-state index >= 15 is 0 Å². The summed E-state index contributed by atoms with van der Waals surface area (Å²) >= 11 is 0. The summed E-state index contributed by atoms with van der Waals surface area (Å²) in [6.07, 6.45) is 1.97. The fourth-order valence-corrected chi connectivity index (χ4v) is 1.34. The first kappa shape index (κ1) is 7.03. The van der Waals surface area contributed by atoms with E-state index in [1.54, 1.807) is 0 Å². The lowest BCUT2D eigenvalue weighted by atomic mass is 10.0. The fourth-order valence-electron chi connectivity index (χ4n) is 1.34. The molecule has 2 nitrogen and oxygen atoms in total. The van der Waals surface area contributed by atoms with Gasteiger partial charge in [0.1, 0.15) is 0 Å². The summed E-state index contributed by atoms with van der Waals surface area (Å²) in [6.45, 7) is 4.12. The first-order chi connectivity index (χ1) is 4.34. The molecule has 0 spiro atoms. The third kappa shape index (κ3) is 1.66. The smallest absolute Gasteiger partial charge is 0.0578 e. The van der Waals surface area contributed by atoms with Crippen molar-refractivity contribution in [1.82, 2.24) is 5.32 Å². The van der Waals surface area contributed by atoms with Crippen LogP contribution in [0.25, 0.3) is 0 Å². The zero-order valence-electron chi connectivity index (χ0n) is 5.93. The molecular formula is C7H15NO. The molecule has 0 bridgehead atoms. The van der Waals surface area contributed by atoms with Crippen molar-refractivity contribution in [3.05, 3.63) is 0 Å². The standard InChI is InChI=1S/C7H15NO/c1-2-7(9)6-3-4-8-5-6/h6-9H,2-5H2,1H3/t6-,7?/m0/s1. The molecule has 0 saturated carbocycles. The van der Waals surface area contributed by atoms with E-state index in [9.17, 15) is 5.11 Å².